The van der Waals surface area contributed by atoms with Crippen LogP contribution in [0.2, 0.25) is 0 Å². The summed E-state index contributed by atoms with van der Waals surface area (Å²) in [6, 6.07) is 0.552. The second-order valence-electron chi connectivity index (χ2n) is 5.53. The van der Waals surface area contributed by atoms with Crippen molar-refractivity contribution in [2.24, 2.45) is 5.92 Å². The van der Waals surface area contributed by atoms with Crippen LogP contribution in [0, 0.1) is 5.92 Å². The zero-order chi connectivity index (χ0) is 12.8. The summed E-state index contributed by atoms with van der Waals surface area (Å²) in [6.07, 6.45) is 4.44. The van der Waals surface area contributed by atoms with Crippen LogP contribution in [-0.4, -0.2) is 51.7 Å². The molecule has 1 spiro atoms. The molecular formula is C14H27NO3. The summed E-state index contributed by atoms with van der Waals surface area (Å²) >= 11 is 0. The van der Waals surface area contributed by atoms with Crippen LogP contribution in [0.25, 0.3) is 0 Å². The molecule has 2 aliphatic heterocycles. The topological polar surface area (TPSA) is 39.7 Å². The maximum atomic E-state index is 6.01. The second-order valence-corrected chi connectivity index (χ2v) is 5.53. The Hall–Kier alpha value is -0.160. The summed E-state index contributed by atoms with van der Waals surface area (Å²) in [5.41, 5.74) is 0.0175. The molecule has 0 aromatic carbocycles. The number of rotatable bonds is 6. The quantitative estimate of drug-likeness (QED) is 0.784. The van der Waals surface area contributed by atoms with E-state index in [0.717, 1.165) is 58.7 Å². The SMILES string of the molecule is CCNC(CCOC)C1CCOC2(CCOC2)C1. The van der Waals surface area contributed by atoms with Crippen LogP contribution in [0.4, 0.5) is 0 Å². The van der Waals surface area contributed by atoms with Gasteiger partial charge in [0.2, 0.25) is 0 Å². The van der Waals surface area contributed by atoms with Gasteiger partial charge in [0, 0.05) is 39.4 Å². The summed E-state index contributed by atoms with van der Waals surface area (Å²) in [6.45, 7) is 6.55. The van der Waals surface area contributed by atoms with E-state index < -0.39 is 0 Å². The summed E-state index contributed by atoms with van der Waals surface area (Å²) in [7, 11) is 1.78. The van der Waals surface area contributed by atoms with E-state index in [9.17, 15) is 0 Å². The van der Waals surface area contributed by atoms with Crippen LogP contribution in [0.5, 0.6) is 0 Å². The van der Waals surface area contributed by atoms with E-state index in [1.54, 1.807) is 7.11 Å². The molecule has 2 rings (SSSR count). The molecule has 0 aromatic rings. The van der Waals surface area contributed by atoms with Crippen molar-refractivity contribution in [3.63, 3.8) is 0 Å². The third kappa shape index (κ3) is 3.44. The fourth-order valence-corrected chi connectivity index (χ4v) is 3.28. The fourth-order valence-electron chi connectivity index (χ4n) is 3.28. The first-order chi connectivity index (χ1) is 8.79. The van der Waals surface area contributed by atoms with Crippen LogP contribution >= 0.6 is 0 Å². The Labute approximate surface area is 110 Å². The zero-order valence-corrected chi connectivity index (χ0v) is 11.7. The van der Waals surface area contributed by atoms with E-state index in [1.807, 2.05) is 0 Å². The van der Waals surface area contributed by atoms with E-state index in [0.29, 0.717) is 12.0 Å². The minimum absolute atomic E-state index is 0.0175. The summed E-state index contributed by atoms with van der Waals surface area (Å²) in [5, 5.41) is 3.62. The van der Waals surface area contributed by atoms with Gasteiger partial charge in [-0.1, -0.05) is 6.92 Å². The van der Waals surface area contributed by atoms with Gasteiger partial charge < -0.3 is 19.5 Å². The number of ether oxygens (including phenoxy) is 3. The van der Waals surface area contributed by atoms with Gasteiger partial charge in [0.05, 0.1) is 12.2 Å². The molecule has 0 saturated carbocycles. The molecule has 4 nitrogen and oxygen atoms in total. The minimum Gasteiger partial charge on any atom is -0.385 e. The molecular weight excluding hydrogens is 230 g/mol. The Balaban J connectivity index is 1.91. The Kier molecular flexibility index (Phi) is 5.42. The monoisotopic (exact) mass is 257 g/mol. The fraction of sp³-hybridized carbons (Fsp3) is 1.00. The molecule has 0 radical (unpaired) electrons. The summed E-state index contributed by atoms with van der Waals surface area (Å²) in [4.78, 5) is 0. The average molecular weight is 257 g/mol. The maximum Gasteiger partial charge on any atom is 0.0939 e. The molecule has 4 heteroatoms. The predicted molar refractivity (Wildman–Crippen MR) is 70.8 cm³/mol. The molecule has 2 saturated heterocycles. The number of nitrogens with one attached hydrogen (secondary N) is 1. The van der Waals surface area contributed by atoms with Crippen LogP contribution in [-0.2, 0) is 14.2 Å². The van der Waals surface area contributed by atoms with Gasteiger partial charge in [-0.05, 0) is 31.7 Å². The van der Waals surface area contributed by atoms with Crippen molar-refractivity contribution in [3.05, 3.63) is 0 Å². The minimum atomic E-state index is 0.0175. The largest absolute Gasteiger partial charge is 0.385 e. The van der Waals surface area contributed by atoms with Crippen LogP contribution < -0.4 is 5.32 Å². The molecule has 2 heterocycles. The van der Waals surface area contributed by atoms with Crippen LogP contribution in [0.3, 0.4) is 0 Å². The summed E-state index contributed by atoms with van der Waals surface area (Å²) in [5.74, 6) is 0.690. The van der Waals surface area contributed by atoms with E-state index in [2.05, 4.69) is 12.2 Å². The Bertz CT molecular complexity index is 241. The van der Waals surface area contributed by atoms with Crippen molar-refractivity contribution in [3.8, 4) is 0 Å². The molecule has 2 aliphatic rings. The van der Waals surface area contributed by atoms with Gasteiger partial charge in [-0.25, -0.2) is 0 Å². The molecule has 18 heavy (non-hydrogen) atoms. The van der Waals surface area contributed by atoms with Crippen molar-refractivity contribution in [2.75, 3.05) is 40.1 Å². The summed E-state index contributed by atoms with van der Waals surface area (Å²) < 4.78 is 16.8. The third-order valence-electron chi connectivity index (χ3n) is 4.27. The van der Waals surface area contributed by atoms with Crippen LogP contribution in [0.15, 0.2) is 0 Å². The van der Waals surface area contributed by atoms with Gasteiger partial charge in [0.25, 0.3) is 0 Å². The van der Waals surface area contributed by atoms with E-state index in [1.165, 1.54) is 0 Å². The van der Waals surface area contributed by atoms with Gasteiger partial charge in [0.1, 0.15) is 0 Å². The lowest BCUT2D eigenvalue weighted by atomic mass is 9.80. The van der Waals surface area contributed by atoms with E-state index in [4.69, 9.17) is 14.2 Å². The predicted octanol–water partition coefficient (Wildman–Crippen LogP) is 1.59. The molecule has 0 aromatic heterocycles. The number of hydrogen-bond donors (Lipinski definition) is 1. The van der Waals surface area contributed by atoms with Gasteiger partial charge in [-0.3, -0.25) is 0 Å². The Morgan fingerprint density at radius 2 is 2.33 bits per heavy atom. The van der Waals surface area contributed by atoms with Crippen molar-refractivity contribution in [1.29, 1.82) is 0 Å². The van der Waals surface area contributed by atoms with E-state index >= 15 is 0 Å². The van der Waals surface area contributed by atoms with Crippen molar-refractivity contribution in [2.45, 2.75) is 44.2 Å². The average Bonchev–Trinajstić information content (AvgIpc) is 2.82. The number of hydrogen-bond acceptors (Lipinski definition) is 4. The highest BCUT2D eigenvalue weighted by atomic mass is 16.6. The van der Waals surface area contributed by atoms with Gasteiger partial charge in [-0.15, -0.1) is 0 Å². The number of methoxy groups -OCH3 is 1. The second kappa shape index (κ2) is 6.85. The molecule has 3 atom stereocenters. The molecule has 3 unspecified atom stereocenters. The van der Waals surface area contributed by atoms with Crippen LogP contribution in [0.1, 0.15) is 32.6 Å². The van der Waals surface area contributed by atoms with Gasteiger partial charge in [-0.2, -0.15) is 0 Å². The smallest absolute Gasteiger partial charge is 0.0939 e. The lowest BCUT2D eigenvalue weighted by Gasteiger charge is -2.40. The van der Waals surface area contributed by atoms with E-state index in [-0.39, 0.29) is 5.60 Å². The van der Waals surface area contributed by atoms with Gasteiger partial charge >= 0.3 is 0 Å². The standard InChI is InChI=1S/C14H27NO3/c1-3-15-13(5-7-16-2)12-4-8-18-14(10-12)6-9-17-11-14/h12-13,15H,3-11H2,1-2H3. The first kappa shape index (κ1) is 14.3. The highest BCUT2D eigenvalue weighted by molar-refractivity contribution is 4.93. The highest BCUT2D eigenvalue weighted by Gasteiger charge is 2.42. The van der Waals surface area contributed by atoms with Crippen molar-refractivity contribution >= 4 is 0 Å². The molecule has 106 valence electrons. The molecule has 0 aliphatic carbocycles. The lowest BCUT2D eigenvalue weighted by Crippen LogP contribution is -2.47. The molecule has 0 bridgehead atoms. The van der Waals surface area contributed by atoms with Crippen molar-refractivity contribution < 1.29 is 14.2 Å². The molecule has 0 amide bonds. The zero-order valence-electron chi connectivity index (χ0n) is 11.7. The molecule has 2 fully saturated rings. The molecule has 1 N–H and O–H groups in total. The maximum absolute atomic E-state index is 6.01. The van der Waals surface area contributed by atoms with Gasteiger partial charge in [0.15, 0.2) is 0 Å². The highest BCUT2D eigenvalue weighted by Crippen LogP contribution is 2.37. The lowest BCUT2D eigenvalue weighted by molar-refractivity contribution is -0.104. The normalized spacial score (nSPS) is 34.0. The van der Waals surface area contributed by atoms with Crippen molar-refractivity contribution in [1.82, 2.24) is 5.32 Å². The first-order valence-corrected chi connectivity index (χ1v) is 7.24. The first-order valence-electron chi connectivity index (χ1n) is 7.24. The third-order valence-corrected chi connectivity index (χ3v) is 4.27. The Morgan fingerprint density at radius 3 is 3.00 bits per heavy atom. The Morgan fingerprint density at radius 1 is 1.44 bits per heavy atom.